The molecule has 140 valence electrons. The Kier molecular flexibility index (Phi) is 6.89. The Hall–Kier alpha value is -1.10. The van der Waals surface area contributed by atoms with Gasteiger partial charge in [-0.25, -0.2) is 0 Å². The van der Waals surface area contributed by atoms with Gasteiger partial charge in [-0.05, 0) is 97.3 Å². The number of nitriles is 2. The van der Waals surface area contributed by atoms with Crippen LogP contribution in [-0.2, 0) is 0 Å². The highest BCUT2D eigenvalue weighted by atomic mass is 15.0. The Balaban J connectivity index is 1.67. The van der Waals surface area contributed by atoms with Crippen molar-refractivity contribution < 1.29 is 0 Å². The van der Waals surface area contributed by atoms with Crippen LogP contribution in [0.15, 0.2) is 0 Å². The lowest BCUT2D eigenvalue weighted by Crippen LogP contribution is -2.47. The maximum absolute atomic E-state index is 9.17. The van der Waals surface area contributed by atoms with Gasteiger partial charge in [-0.1, -0.05) is 0 Å². The standard InChI is InChI=1S/C21H36N4/c1-20(2,14-22)24-18-9-5-16(6-10-18)13-17-7-11-19(12-8-17)25-21(3,4)15-23/h16-19,24-25H,5-13H2,1-4H3. The molecule has 4 nitrogen and oxygen atoms in total. The molecule has 2 rings (SSSR count). The highest BCUT2D eigenvalue weighted by Crippen LogP contribution is 2.36. The SMILES string of the molecule is CC(C)(C#N)NC1CCC(CC2CCC(NC(C)(C)C#N)CC2)CC1. The molecule has 0 aromatic heterocycles. The largest absolute Gasteiger partial charge is 0.297 e. The molecule has 2 saturated carbocycles. The normalized spacial score (nSPS) is 31.1. The quantitative estimate of drug-likeness (QED) is 0.754. The van der Waals surface area contributed by atoms with Gasteiger partial charge in [-0.2, -0.15) is 10.5 Å². The number of rotatable bonds is 6. The van der Waals surface area contributed by atoms with Crippen LogP contribution in [0.5, 0.6) is 0 Å². The zero-order valence-corrected chi connectivity index (χ0v) is 16.6. The molecule has 0 spiro atoms. The molecular formula is C21H36N4. The molecule has 2 aliphatic rings. The summed E-state index contributed by atoms with van der Waals surface area (Å²) in [6, 6.07) is 5.73. The molecule has 0 amide bonds. The molecule has 2 aliphatic carbocycles. The molecular weight excluding hydrogens is 308 g/mol. The second-order valence-corrected chi connectivity index (χ2v) is 9.43. The lowest BCUT2D eigenvalue weighted by atomic mass is 9.75. The Bertz CT molecular complexity index is 449. The number of nitrogens with one attached hydrogen (secondary N) is 2. The molecule has 0 bridgehead atoms. The molecule has 0 aromatic carbocycles. The van der Waals surface area contributed by atoms with Crippen molar-refractivity contribution in [3.05, 3.63) is 0 Å². The second-order valence-electron chi connectivity index (χ2n) is 9.43. The molecule has 2 fully saturated rings. The van der Waals surface area contributed by atoms with E-state index in [4.69, 9.17) is 10.5 Å². The Morgan fingerprint density at radius 2 is 1.00 bits per heavy atom. The first-order valence-corrected chi connectivity index (χ1v) is 10.1. The van der Waals surface area contributed by atoms with Crippen molar-refractivity contribution in [1.82, 2.24) is 10.6 Å². The first-order chi connectivity index (χ1) is 11.7. The minimum Gasteiger partial charge on any atom is -0.297 e. The fourth-order valence-corrected chi connectivity index (χ4v) is 4.64. The summed E-state index contributed by atoms with van der Waals surface area (Å²) in [6.07, 6.45) is 11.4. The third-order valence-electron chi connectivity index (χ3n) is 6.05. The fraction of sp³-hybridized carbons (Fsp3) is 0.905. The van der Waals surface area contributed by atoms with Gasteiger partial charge < -0.3 is 0 Å². The lowest BCUT2D eigenvalue weighted by Gasteiger charge is -2.37. The molecule has 2 N–H and O–H groups in total. The van der Waals surface area contributed by atoms with Crippen molar-refractivity contribution in [1.29, 1.82) is 10.5 Å². The third-order valence-corrected chi connectivity index (χ3v) is 6.05. The average molecular weight is 345 g/mol. The van der Waals surface area contributed by atoms with Crippen molar-refractivity contribution in [3.63, 3.8) is 0 Å². The molecule has 0 unspecified atom stereocenters. The van der Waals surface area contributed by atoms with Gasteiger partial charge in [-0.15, -0.1) is 0 Å². The monoisotopic (exact) mass is 344 g/mol. The Labute approximate surface area is 154 Å². The summed E-state index contributed by atoms with van der Waals surface area (Å²) in [5.74, 6) is 1.74. The van der Waals surface area contributed by atoms with Gasteiger partial charge in [0.25, 0.3) is 0 Å². The van der Waals surface area contributed by atoms with Crippen LogP contribution in [0.4, 0.5) is 0 Å². The molecule has 25 heavy (non-hydrogen) atoms. The molecule has 0 aliphatic heterocycles. The van der Waals surface area contributed by atoms with Gasteiger partial charge in [0.1, 0.15) is 11.1 Å². The van der Waals surface area contributed by atoms with Crippen LogP contribution in [0.25, 0.3) is 0 Å². The molecule has 0 atom stereocenters. The number of hydrogen-bond donors (Lipinski definition) is 2. The van der Waals surface area contributed by atoms with Crippen LogP contribution in [0.1, 0.15) is 85.5 Å². The van der Waals surface area contributed by atoms with Crippen LogP contribution in [0, 0.1) is 34.5 Å². The zero-order valence-electron chi connectivity index (χ0n) is 16.6. The fourth-order valence-electron chi connectivity index (χ4n) is 4.64. The van der Waals surface area contributed by atoms with Crippen LogP contribution in [-0.4, -0.2) is 23.2 Å². The summed E-state index contributed by atoms with van der Waals surface area (Å²) in [6.45, 7) is 7.89. The van der Waals surface area contributed by atoms with Crippen molar-refractivity contribution >= 4 is 0 Å². The van der Waals surface area contributed by atoms with E-state index in [1.54, 1.807) is 0 Å². The van der Waals surface area contributed by atoms with E-state index >= 15 is 0 Å². The van der Waals surface area contributed by atoms with Crippen molar-refractivity contribution in [2.45, 2.75) is 109 Å². The predicted molar refractivity (Wildman–Crippen MR) is 102 cm³/mol. The van der Waals surface area contributed by atoms with E-state index in [1.165, 1.54) is 57.8 Å². The van der Waals surface area contributed by atoms with Crippen molar-refractivity contribution in [2.24, 2.45) is 11.8 Å². The Morgan fingerprint density at radius 1 is 0.680 bits per heavy atom. The molecule has 0 aromatic rings. The van der Waals surface area contributed by atoms with Crippen LogP contribution in [0.3, 0.4) is 0 Å². The van der Waals surface area contributed by atoms with E-state index < -0.39 is 11.1 Å². The molecule has 4 heteroatoms. The van der Waals surface area contributed by atoms with Gasteiger partial charge in [0.05, 0.1) is 12.1 Å². The minimum absolute atomic E-state index is 0.403. The van der Waals surface area contributed by atoms with Crippen molar-refractivity contribution in [3.8, 4) is 12.1 Å². The minimum atomic E-state index is -0.403. The van der Waals surface area contributed by atoms with E-state index in [0.717, 1.165) is 11.8 Å². The number of hydrogen-bond acceptors (Lipinski definition) is 4. The van der Waals surface area contributed by atoms with Gasteiger partial charge in [0.2, 0.25) is 0 Å². The van der Waals surface area contributed by atoms with Crippen LogP contribution < -0.4 is 10.6 Å². The Morgan fingerprint density at radius 3 is 1.28 bits per heavy atom. The van der Waals surface area contributed by atoms with E-state index in [1.807, 2.05) is 27.7 Å². The summed E-state index contributed by atoms with van der Waals surface area (Å²) < 4.78 is 0. The highest BCUT2D eigenvalue weighted by Gasteiger charge is 2.30. The molecule has 0 saturated heterocycles. The smallest absolute Gasteiger partial charge is 0.101 e. The summed E-state index contributed by atoms with van der Waals surface area (Å²) in [7, 11) is 0. The van der Waals surface area contributed by atoms with Crippen LogP contribution >= 0.6 is 0 Å². The zero-order chi connectivity index (χ0) is 18.5. The summed E-state index contributed by atoms with van der Waals surface area (Å²) in [4.78, 5) is 0. The summed E-state index contributed by atoms with van der Waals surface area (Å²) in [5, 5.41) is 25.3. The predicted octanol–water partition coefficient (Wildman–Crippen LogP) is 4.28. The van der Waals surface area contributed by atoms with Gasteiger partial charge in [0, 0.05) is 12.1 Å². The summed E-state index contributed by atoms with van der Waals surface area (Å²) in [5.41, 5.74) is -0.805. The average Bonchev–Trinajstić information content (AvgIpc) is 2.58. The maximum Gasteiger partial charge on any atom is 0.101 e. The van der Waals surface area contributed by atoms with Crippen molar-refractivity contribution in [2.75, 3.05) is 0 Å². The first kappa shape index (κ1) is 20.2. The lowest BCUT2D eigenvalue weighted by molar-refractivity contribution is 0.193. The van der Waals surface area contributed by atoms with E-state index in [-0.39, 0.29) is 0 Å². The van der Waals surface area contributed by atoms with E-state index in [2.05, 4.69) is 22.8 Å². The number of nitrogens with zero attached hydrogens (tertiary/aromatic N) is 2. The molecule has 0 heterocycles. The van der Waals surface area contributed by atoms with E-state index in [0.29, 0.717) is 12.1 Å². The maximum atomic E-state index is 9.17. The molecule has 0 radical (unpaired) electrons. The second kappa shape index (κ2) is 8.52. The highest BCUT2D eigenvalue weighted by molar-refractivity contribution is 5.03. The topological polar surface area (TPSA) is 71.6 Å². The van der Waals surface area contributed by atoms with Gasteiger partial charge >= 0.3 is 0 Å². The first-order valence-electron chi connectivity index (χ1n) is 10.1. The summed E-state index contributed by atoms with van der Waals surface area (Å²) >= 11 is 0. The van der Waals surface area contributed by atoms with E-state index in [9.17, 15) is 0 Å². The van der Waals surface area contributed by atoms with Gasteiger partial charge in [-0.3, -0.25) is 10.6 Å². The third kappa shape index (κ3) is 6.61. The van der Waals surface area contributed by atoms with Crippen LogP contribution in [0.2, 0.25) is 0 Å². The van der Waals surface area contributed by atoms with Gasteiger partial charge in [0.15, 0.2) is 0 Å².